The molecule has 0 fully saturated rings. The van der Waals surface area contributed by atoms with Gasteiger partial charge in [-0.1, -0.05) is 31.1 Å². The van der Waals surface area contributed by atoms with Crippen molar-refractivity contribution in [1.82, 2.24) is 14.9 Å². The lowest BCUT2D eigenvalue weighted by atomic mass is 10.1. The fourth-order valence-corrected chi connectivity index (χ4v) is 2.95. The van der Waals surface area contributed by atoms with Crippen LogP contribution in [0.2, 0.25) is 0 Å². The zero-order valence-electron chi connectivity index (χ0n) is 14.8. The maximum Gasteiger partial charge on any atom is 0.296 e. The Morgan fingerprint density at radius 3 is 2.81 bits per heavy atom. The second-order valence-corrected chi connectivity index (χ2v) is 6.30. The average molecular weight is 363 g/mol. The number of aromatic nitrogens is 2. The van der Waals surface area contributed by atoms with E-state index in [0.29, 0.717) is 31.7 Å². The number of aliphatic hydroxyl groups excluding tert-OH is 1. The monoisotopic (exact) mass is 363 g/mol. The highest BCUT2D eigenvalue weighted by molar-refractivity contribution is 5.26. The summed E-state index contributed by atoms with van der Waals surface area (Å²) in [7, 11) is 0. The SMILES string of the molecule is C=CC(C=C/C=C/F)CNC(O)c1nc2n(c(=O)c1O)CCCCCC2. The first kappa shape index (κ1) is 20.1. The number of rotatable bonds is 7. The number of halogens is 1. The quantitative estimate of drug-likeness (QED) is 0.394. The fourth-order valence-electron chi connectivity index (χ4n) is 2.95. The molecule has 1 aromatic heterocycles. The summed E-state index contributed by atoms with van der Waals surface area (Å²) in [5.74, 6) is -0.0922. The van der Waals surface area contributed by atoms with Gasteiger partial charge in [0.05, 0.1) is 6.33 Å². The van der Waals surface area contributed by atoms with Gasteiger partial charge in [0.15, 0.2) is 6.23 Å². The van der Waals surface area contributed by atoms with Crippen molar-refractivity contribution in [1.29, 1.82) is 0 Å². The second-order valence-electron chi connectivity index (χ2n) is 6.30. The van der Waals surface area contributed by atoms with Crippen molar-refractivity contribution in [2.75, 3.05) is 6.54 Å². The number of nitrogens with one attached hydrogen (secondary N) is 1. The predicted molar refractivity (Wildman–Crippen MR) is 98.4 cm³/mol. The molecule has 0 aromatic carbocycles. The van der Waals surface area contributed by atoms with Crippen LogP contribution in [-0.2, 0) is 13.0 Å². The summed E-state index contributed by atoms with van der Waals surface area (Å²) < 4.78 is 13.5. The highest BCUT2D eigenvalue weighted by atomic mass is 19.1. The fraction of sp³-hybridized carbons (Fsp3) is 0.474. The van der Waals surface area contributed by atoms with Crippen LogP contribution in [0.4, 0.5) is 4.39 Å². The summed E-state index contributed by atoms with van der Waals surface area (Å²) in [6.07, 6.45) is 9.84. The van der Waals surface area contributed by atoms with Gasteiger partial charge in [-0.3, -0.25) is 14.7 Å². The summed E-state index contributed by atoms with van der Waals surface area (Å²) in [6, 6.07) is 0. The van der Waals surface area contributed by atoms with E-state index in [-0.39, 0.29) is 11.6 Å². The Bertz CT molecular complexity index is 727. The van der Waals surface area contributed by atoms with Crippen LogP contribution in [0.25, 0.3) is 0 Å². The Labute approximate surface area is 152 Å². The molecule has 0 radical (unpaired) electrons. The first-order valence-corrected chi connectivity index (χ1v) is 8.88. The molecule has 26 heavy (non-hydrogen) atoms. The first-order valence-electron chi connectivity index (χ1n) is 8.88. The molecule has 2 rings (SSSR count). The number of fused-ring (bicyclic) bond motifs is 1. The molecule has 142 valence electrons. The van der Waals surface area contributed by atoms with Crippen LogP contribution < -0.4 is 10.9 Å². The molecule has 2 unspecified atom stereocenters. The highest BCUT2D eigenvalue weighted by Crippen LogP contribution is 2.20. The molecular weight excluding hydrogens is 337 g/mol. The lowest BCUT2D eigenvalue weighted by molar-refractivity contribution is 0.128. The number of aromatic hydroxyl groups is 1. The molecule has 2 atom stereocenters. The molecule has 1 aromatic rings. The van der Waals surface area contributed by atoms with Gasteiger partial charge < -0.3 is 10.2 Å². The predicted octanol–water partition coefficient (Wildman–Crippen LogP) is 2.49. The maximum atomic E-state index is 12.4. The molecule has 3 N–H and O–H groups in total. The van der Waals surface area contributed by atoms with Gasteiger partial charge in [-0.25, -0.2) is 9.37 Å². The van der Waals surface area contributed by atoms with Crippen LogP contribution in [0.3, 0.4) is 0 Å². The van der Waals surface area contributed by atoms with Crippen LogP contribution in [0.1, 0.15) is 43.4 Å². The second kappa shape index (κ2) is 10.0. The van der Waals surface area contributed by atoms with Crippen molar-refractivity contribution in [3.05, 3.63) is 59.1 Å². The Kier molecular flexibility index (Phi) is 7.74. The molecule has 0 saturated heterocycles. The van der Waals surface area contributed by atoms with Gasteiger partial charge in [0.25, 0.3) is 5.56 Å². The van der Waals surface area contributed by atoms with Crippen molar-refractivity contribution >= 4 is 0 Å². The molecule has 0 saturated carbocycles. The van der Waals surface area contributed by atoms with E-state index < -0.39 is 17.5 Å². The van der Waals surface area contributed by atoms with Gasteiger partial charge >= 0.3 is 0 Å². The molecule has 2 heterocycles. The summed E-state index contributed by atoms with van der Waals surface area (Å²) >= 11 is 0. The zero-order valence-corrected chi connectivity index (χ0v) is 14.8. The minimum absolute atomic E-state index is 0.0581. The summed E-state index contributed by atoms with van der Waals surface area (Å²) in [6.45, 7) is 4.51. The Hall–Kier alpha value is -2.25. The van der Waals surface area contributed by atoms with Gasteiger partial charge in [-0.05, 0) is 18.9 Å². The largest absolute Gasteiger partial charge is 0.502 e. The van der Waals surface area contributed by atoms with E-state index in [9.17, 15) is 19.4 Å². The van der Waals surface area contributed by atoms with Gasteiger partial charge in [0.2, 0.25) is 5.75 Å². The van der Waals surface area contributed by atoms with E-state index in [1.165, 1.54) is 16.7 Å². The molecule has 0 spiro atoms. The zero-order chi connectivity index (χ0) is 18.9. The van der Waals surface area contributed by atoms with Crippen molar-refractivity contribution in [3.8, 4) is 5.75 Å². The third-order valence-electron chi connectivity index (χ3n) is 4.43. The number of allylic oxidation sites excluding steroid dienone is 2. The number of aryl methyl sites for hydroxylation is 1. The van der Waals surface area contributed by atoms with E-state index in [1.54, 1.807) is 12.2 Å². The molecule has 7 heteroatoms. The first-order chi connectivity index (χ1) is 12.6. The average Bonchev–Trinajstić information content (AvgIpc) is 2.62. The molecular formula is C19H26FN3O3. The minimum Gasteiger partial charge on any atom is -0.502 e. The smallest absolute Gasteiger partial charge is 0.296 e. The lowest BCUT2D eigenvalue weighted by Gasteiger charge is -2.20. The standard InChI is InChI=1S/C19H26FN3O3/c1-2-14(9-6-7-11-20)13-21-18(25)16-17(24)19(26)23-12-8-4-3-5-10-15(23)22-16/h2,6-7,9,11,14,18,21,24-25H,1,3-5,8,10,12-13H2/b9-6?,11-7+. The Morgan fingerprint density at radius 2 is 2.08 bits per heavy atom. The van der Waals surface area contributed by atoms with E-state index in [4.69, 9.17) is 0 Å². The van der Waals surface area contributed by atoms with Crippen molar-refractivity contribution in [2.45, 2.75) is 44.9 Å². The number of hydrogen-bond donors (Lipinski definition) is 3. The van der Waals surface area contributed by atoms with E-state index in [1.807, 2.05) is 0 Å². The van der Waals surface area contributed by atoms with E-state index in [0.717, 1.165) is 25.7 Å². The van der Waals surface area contributed by atoms with Crippen LogP contribution >= 0.6 is 0 Å². The molecule has 6 nitrogen and oxygen atoms in total. The maximum absolute atomic E-state index is 12.4. The molecule has 0 aliphatic carbocycles. The van der Waals surface area contributed by atoms with Crippen LogP contribution in [-0.4, -0.2) is 26.3 Å². The molecule has 0 amide bonds. The third-order valence-corrected chi connectivity index (χ3v) is 4.43. The van der Waals surface area contributed by atoms with Gasteiger partial charge in [-0.2, -0.15) is 0 Å². The highest BCUT2D eigenvalue weighted by Gasteiger charge is 2.22. The van der Waals surface area contributed by atoms with E-state index in [2.05, 4.69) is 16.9 Å². The van der Waals surface area contributed by atoms with Gasteiger partial charge in [-0.15, -0.1) is 6.58 Å². The lowest BCUT2D eigenvalue weighted by Crippen LogP contribution is -2.32. The summed E-state index contributed by atoms with van der Waals surface area (Å²) in [5, 5.41) is 23.4. The number of hydrogen-bond acceptors (Lipinski definition) is 5. The summed E-state index contributed by atoms with van der Waals surface area (Å²) in [4.78, 5) is 16.8. The summed E-state index contributed by atoms with van der Waals surface area (Å²) in [5.41, 5.74) is -0.571. The van der Waals surface area contributed by atoms with Crippen LogP contribution in [0.15, 0.2) is 42.0 Å². The molecule has 1 aliphatic heterocycles. The third kappa shape index (κ3) is 5.12. The molecule has 0 bridgehead atoms. The number of nitrogens with zero attached hydrogens (tertiary/aromatic N) is 2. The Morgan fingerprint density at radius 1 is 1.31 bits per heavy atom. The van der Waals surface area contributed by atoms with Crippen LogP contribution in [0, 0.1) is 5.92 Å². The minimum atomic E-state index is -1.29. The van der Waals surface area contributed by atoms with Crippen molar-refractivity contribution in [3.63, 3.8) is 0 Å². The Balaban J connectivity index is 2.16. The van der Waals surface area contributed by atoms with Crippen LogP contribution in [0.5, 0.6) is 5.75 Å². The van der Waals surface area contributed by atoms with E-state index >= 15 is 0 Å². The molecule has 1 aliphatic rings. The van der Waals surface area contributed by atoms with Crippen molar-refractivity contribution < 1.29 is 14.6 Å². The number of aliphatic hydroxyl groups is 1. The van der Waals surface area contributed by atoms with Crippen molar-refractivity contribution in [2.24, 2.45) is 5.92 Å². The normalized spacial score (nSPS) is 17.6. The van der Waals surface area contributed by atoms with Gasteiger partial charge in [0.1, 0.15) is 11.5 Å². The topological polar surface area (TPSA) is 87.4 Å². The van der Waals surface area contributed by atoms with Gasteiger partial charge in [0, 0.05) is 25.4 Å².